The molecule has 4 heteroatoms. The van der Waals surface area contributed by atoms with Crippen molar-refractivity contribution in [2.24, 2.45) is 0 Å². The van der Waals surface area contributed by atoms with Gasteiger partial charge in [0.25, 0.3) is 0 Å². The SMILES string of the molecule is CC(C)NCCCCOc1cnc(-c2ccccc2)c(-c2ccccc2)n1. The summed E-state index contributed by atoms with van der Waals surface area (Å²) < 4.78 is 5.86. The van der Waals surface area contributed by atoms with Crippen molar-refractivity contribution in [3.63, 3.8) is 0 Å². The van der Waals surface area contributed by atoms with E-state index in [4.69, 9.17) is 9.72 Å². The quantitative estimate of drug-likeness (QED) is 0.547. The molecule has 0 radical (unpaired) electrons. The Hall–Kier alpha value is -2.72. The molecule has 0 aliphatic heterocycles. The van der Waals surface area contributed by atoms with E-state index in [1.807, 2.05) is 36.4 Å². The summed E-state index contributed by atoms with van der Waals surface area (Å²) in [7, 11) is 0. The molecule has 3 rings (SSSR count). The lowest BCUT2D eigenvalue weighted by Gasteiger charge is -2.12. The fourth-order valence-electron chi connectivity index (χ4n) is 2.84. The van der Waals surface area contributed by atoms with Gasteiger partial charge in [-0.05, 0) is 19.4 Å². The summed E-state index contributed by atoms with van der Waals surface area (Å²) in [4.78, 5) is 9.43. The van der Waals surface area contributed by atoms with Crippen molar-refractivity contribution in [2.75, 3.05) is 13.2 Å². The maximum absolute atomic E-state index is 5.86. The summed E-state index contributed by atoms with van der Waals surface area (Å²) in [5.41, 5.74) is 3.81. The third-order valence-electron chi connectivity index (χ3n) is 4.22. The van der Waals surface area contributed by atoms with E-state index in [1.165, 1.54) is 0 Å². The van der Waals surface area contributed by atoms with Crippen LogP contribution in [-0.4, -0.2) is 29.2 Å². The van der Waals surface area contributed by atoms with Gasteiger partial charge in [0.05, 0.1) is 18.5 Å². The van der Waals surface area contributed by atoms with Gasteiger partial charge in [-0.2, -0.15) is 0 Å². The van der Waals surface area contributed by atoms with Crippen molar-refractivity contribution < 1.29 is 4.74 Å². The van der Waals surface area contributed by atoms with Crippen molar-refractivity contribution >= 4 is 0 Å². The zero-order chi connectivity index (χ0) is 18.9. The lowest BCUT2D eigenvalue weighted by atomic mass is 10.0. The molecule has 140 valence electrons. The monoisotopic (exact) mass is 361 g/mol. The van der Waals surface area contributed by atoms with Crippen molar-refractivity contribution in [1.29, 1.82) is 0 Å². The molecule has 0 aliphatic rings. The summed E-state index contributed by atoms with van der Waals surface area (Å²) in [6.45, 7) is 5.97. The van der Waals surface area contributed by atoms with E-state index in [1.54, 1.807) is 6.20 Å². The van der Waals surface area contributed by atoms with Gasteiger partial charge in [-0.1, -0.05) is 74.5 Å². The van der Waals surface area contributed by atoms with E-state index < -0.39 is 0 Å². The van der Waals surface area contributed by atoms with Gasteiger partial charge >= 0.3 is 0 Å². The zero-order valence-electron chi connectivity index (χ0n) is 16.1. The number of unbranched alkanes of at least 4 members (excludes halogenated alkanes) is 1. The number of hydrogen-bond donors (Lipinski definition) is 1. The molecule has 0 amide bonds. The number of nitrogens with one attached hydrogen (secondary N) is 1. The minimum Gasteiger partial charge on any atom is -0.477 e. The Morgan fingerprint density at radius 2 is 1.48 bits per heavy atom. The second kappa shape index (κ2) is 9.83. The van der Waals surface area contributed by atoms with E-state index >= 15 is 0 Å². The Bertz CT molecular complexity index is 820. The summed E-state index contributed by atoms with van der Waals surface area (Å²) in [5.74, 6) is 0.574. The lowest BCUT2D eigenvalue weighted by Crippen LogP contribution is -2.23. The number of benzene rings is 2. The Balaban J connectivity index is 1.74. The molecule has 2 aromatic carbocycles. The number of ether oxygens (including phenoxy) is 1. The van der Waals surface area contributed by atoms with E-state index in [-0.39, 0.29) is 0 Å². The summed E-state index contributed by atoms with van der Waals surface area (Å²) in [6, 6.07) is 20.8. The molecule has 3 aromatic rings. The Kier molecular flexibility index (Phi) is 6.94. The summed E-state index contributed by atoms with van der Waals surface area (Å²) in [5, 5.41) is 3.42. The molecular formula is C23H27N3O. The molecule has 1 heterocycles. The second-order valence-electron chi connectivity index (χ2n) is 6.80. The fraction of sp³-hybridized carbons (Fsp3) is 0.304. The minimum atomic E-state index is 0.524. The van der Waals surface area contributed by atoms with Crippen LogP contribution in [0.1, 0.15) is 26.7 Å². The number of rotatable bonds is 9. The number of hydrogen-bond acceptors (Lipinski definition) is 4. The number of aromatic nitrogens is 2. The highest BCUT2D eigenvalue weighted by molar-refractivity contribution is 5.77. The van der Waals surface area contributed by atoms with E-state index in [9.17, 15) is 0 Å². The largest absolute Gasteiger partial charge is 0.477 e. The molecule has 0 saturated carbocycles. The average Bonchev–Trinajstić information content (AvgIpc) is 2.71. The zero-order valence-corrected chi connectivity index (χ0v) is 16.1. The lowest BCUT2D eigenvalue weighted by molar-refractivity contribution is 0.293. The first-order chi connectivity index (χ1) is 13.2. The van der Waals surface area contributed by atoms with Crippen molar-refractivity contribution in [3.05, 3.63) is 66.9 Å². The van der Waals surface area contributed by atoms with Gasteiger partial charge in [0.1, 0.15) is 5.69 Å². The molecule has 1 N–H and O–H groups in total. The molecule has 0 aliphatic carbocycles. The van der Waals surface area contributed by atoms with E-state index in [0.717, 1.165) is 41.9 Å². The van der Waals surface area contributed by atoms with Crippen LogP contribution in [0.25, 0.3) is 22.5 Å². The third-order valence-corrected chi connectivity index (χ3v) is 4.22. The van der Waals surface area contributed by atoms with Crippen LogP contribution in [0.15, 0.2) is 66.9 Å². The van der Waals surface area contributed by atoms with Crippen LogP contribution >= 0.6 is 0 Å². The fourth-order valence-corrected chi connectivity index (χ4v) is 2.84. The predicted molar refractivity (Wildman–Crippen MR) is 111 cm³/mol. The van der Waals surface area contributed by atoms with E-state index in [0.29, 0.717) is 18.5 Å². The Labute approximate surface area is 161 Å². The topological polar surface area (TPSA) is 47.0 Å². The Morgan fingerprint density at radius 3 is 2.11 bits per heavy atom. The predicted octanol–water partition coefficient (Wildman–Crippen LogP) is 4.97. The van der Waals surface area contributed by atoms with Gasteiger partial charge in [-0.25, -0.2) is 9.97 Å². The first-order valence-electron chi connectivity index (χ1n) is 9.58. The van der Waals surface area contributed by atoms with Crippen LogP contribution in [0.3, 0.4) is 0 Å². The minimum absolute atomic E-state index is 0.524. The number of nitrogens with zero attached hydrogens (tertiary/aromatic N) is 2. The van der Waals surface area contributed by atoms with Crippen LogP contribution in [0.5, 0.6) is 5.88 Å². The van der Waals surface area contributed by atoms with E-state index in [2.05, 4.69) is 48.4 Å². The molecule has 0 fully saturated rings. The van der Waals surface area contributed by atoms with Gasteiger partial charge in [-0.3, -0.25) is 0 Å². The third kappa shape index (κ3) is 5.63. The highest BCUT2D eigenvalue weighted by Crippen LogP contribution is 2.30. The highest BCUT2D eigenvalue weighted by atomic mass is 16.5. The van der Waals surface area contributed by atoms with Crippen LogP contribution in [-0.2, 0) is 0 Å². The van der Waals surface area contributed by atoms with Gasteiger partial charge in [0.2, 0.25) is 5.88 Å². The van der Waals surface area contributed by atoms with Gasteiger partial charge in [-0.15, -0.1) is 0 Å². The molecule has 0 unspecified atom stereocenters. The molecule has 0 spiro atoms. The molecule has 0 atom stereocenters. The normalized spacial score (nSPS) is 10.9. The standard InChI is InChI=1S/C23H27N3O/c1-18(2)24-15-9-10-16-27-21-17-25-22(19-11-5-3-6-12-19)23(26-21)20-13-7-4-8-14-20/h3-8,11-14,17-18,24H,9-10,15-16H2,1-2H3. The maximum atomic E-state index is 5.86. The first-order valence-corrected chi connectivity index (χ1v) is 9.58. The Morgan fingerprint density at radius 1 is 0.852 bits per heavy atom. The first kappa shape index (κ1) is 19.1. The van der Waals surface area contributed by atoms with Crippen LogP contribution in [0.4, 0.5) is 0 Å². The van der Waals surface area contributed by atoms with Gasteiger partial charge < -0.3 is 10.1 Å². The molecule has 0 bridgehead atoms. The molecule has 27 heavy (non-hydrogen) atoms. The molecule has 0 saturated heterocycles. The van der Waals surface area contributed by atoms with Crippen molar-refractivity contribution in [2.45, 2.75) is 32.7 Å². The van der Waals surface area contributed by atoms with Crippen LogP contribution in [0, 0.1) is 0 Å². The van der Waals surface area contributed by atoms with Gasteiger partial charge in [0, 0.05) is 17.2 Å². The van der Waals surface area contributed by atoms with Crippen LogP contribution in [0.2, 0.25) is 0 Å². The molecular weight excluding hydrogens is 334 g/mol. The highest BCUT2D eigenvalue weighted by Gasteiger charge is 2.12. The van der Waals surface area contributed by atoms with Gasteiger partial charge in [0.15, 0.2) is 0 Å². The summed E-state index contributed by atoms with van der Waals surface area (Å²) >= 11 is 0. The average molecular weight is 361 g/mol. The molecule has 1 aromatic heterocycles. The van der Waals surface area contributed by atoms with Crippen molar-refractivity contribution in [1.82, 2.24) is 15.3 Å². The van der Waals surface area contributed by atoms with Crippen molar-refractivity contribution in [3.8, 4) is 28.4 Å². The second-order valence-corrected chi connectivity index (χ2v) is 6.80. The van der Waals surface area contributed by atoms with Crippen LogP contribution < -0.4 is 10.1 Å². The molecule has 4 nitrogen and oxygen atoms in total. The maximum Gasteiger partial charge on any atom is 0.232 e. The smallest absolute Gasteiger partial charge is 0.232 e. The summed E-state index contributed by atoms with van der Waals surface area (Å²) in [6.07, 6.45) is 3.79.